The van der Waals surface area contributed by atoms with Gasteiger partial charge >= 0.3 is 0 Å². The highest BCUT2D eigenvalue weighted by molar-refractivity contribution is 5.95. The van der Waals surface area contributed by atoms with Crippen molar-refractivity contribution in [2.45, 2.75) is 45.9 Å². The number of hydrogen-bond acceptors (Lipinski definition) is 6. The molecule has 0 unspecified atom stereocenters. The molecule has 1 saturated heterocycles. The van der Waals surface area contributed by atoms with E-state index in [1.54, 1.807) is 32.4 Å². The Morgan fingerprint density at radius 3 is 2.46 bits per heavy atom. The second kappa shape index (κ2) is 15.0. The molecule has 7 heteroatoms. The maximum absolute atomic E-state index is 13.7. The minimum atomic E-state index is -0.0269. The lowest BCUT2D eigenvalue weighted by molar-refractivity contribution is 0.0129. The molecule has 7 nitrogen and oxygen atoms in total. The first-order chi connectivity index (χ1) is 19.9. The van der Waals surface area contributed by atoms with Crippen LogP contribution in [0, 0.1) is 12.8 Å². The normalized spacial score (nSPS) is 16.6. The van der Waals surface area contributed by atoms with Crippen molar-refractivity contribution in [3.8, 4) is 22.6 Å². The lowest BCUT2D eigenvalue weighted by Gasteiger charge is -2.31. The Balaban J connectivity index is 1.41. The van der Waals surface area contributed by atoms with Gasteiger partial charge in [-0.05, 0) is 61.7 Å². The van der Waals surface area contributed by atoms with Crippen molar-refractivity contribution in [3.05, 3.63) is 83.4 Å². The van der Waals surface area contributed by atoms with Crippen molar-refractivity contribution in [2.24, 2.45) is 5.92 Å². The first-order valence-electron chi connectivity index (χ1n) is 14.5. The first-order valence-corrected chi connectivity index (χ1v) is 14.5. The van der Waals surface area contributed by atoms with Crippen LogP contribution in [-0.2, 0) is 16.1 Å². The second-order valence-corrected chi connectivity index (χ2v) is 10.9. The van der Waals surface area contributed by atoms with Gasteiger partial charge < -0.3 is 29.2 Å². The zero-order valence-corrected chi connectivity index (χ0v) is 25.0. The van der Waals surface area contributed by atoms with Gasteiger partial charge in [-0.25, -0.2) is 0 Å². The minimum absolute atomic E-state index is 0.0159. The largest absolute Gasteiger partial charge is 0.493 e. The number of methoxy groups -OCH3 is 2. The van der Waals surface area contributed by atoms with Gasteiger partial charge in [0, 0.05) is 57.3 Å². The summed E-state index contributed by atoms with van der Waals surface area (Å²) in [6, 6.07) is 22.5. The van der Waals surface area contributed by atoms with Crippen molar-refractivity contribution >= 4 is 5.91 Å². The Kier molecular flexibility index (Phi) is 11.2. The summed E-state index contributed by atoms with van der Waals surface area (Å²) in [7, 11) is 3.27. The average molecular weight is 561 g/mol. The van der Waals surface area contributed by atoms with Gasteiger partial charge in [0.25, 0.3) is 5.91 Å². The fourth-order valence-electron chi connectivity index (χ4n) is 5.21. The number of ether oxygens (including phenoxy) is 4. The molecule has 0 bridgehead atoms. The Labute approximate surface area is 244 Å². The van der Waals surface area contributed by atoms with E-state index in [0.717, 1.165) is 25.1 Å². The van der Waals surface area contributed by atoms with E-state index < -0.39 is 0 Å². The molecule has 3 aromatic rings. The summed E-state index contributed by atoms with van der Waals surface area (Å²) >= 11 is 0. The highest BCUT2D eigenvalue weighted by atomic mass is 16.5. The van der Waals surface area contributed by atoms with Crippen LogP contribution in [0.1, 0.15) is 41.8 Å². The molecule has 0 aliphatic carbocycles. The van der Waals surface area contributed by atoms with E-state index in [1.165, 1.54) is 16.7 Å². The zero-order valence-electron chi connectivity index (χ0n) is 25.0. The molecule has 1 heterocycles. The highest BCUT2D eigenvalue weighted by Crippen LogP contribution is 2.30. The molecule has 1 aliphatic rings. The van der Waals surface area contributed by atoms with Crippen molar-refractivity contribution in [1.82, 2.24) is 10.2 Å². The molecular formula is C34H44N2O5. The maximum Gasteiger partial charge on any atom is 0.254 e. The minimum Gasteiger partial charge on any atom is -0.493 e. The third-order valence-corrected chi connectivity index (χ3v) is 7.50. The lowest BCUT2D eigenvalue weighted by atomic mass is 10.0. The molecule has 4 rings (SSSR count). The van der Waals surface area contributed by atoms with Gasteiger partial charge in [-0.2, -0.15) is 0 Å². The summed E-state index contributed by atoms with van der Waals surface area (Å²) in [6.07, 6.45) is 0.768. The van der Waals surface area contributed by atoms with Crippen LogP contribution >= 0.6 is 0 Å². The predicted molar refractivity (Wildman–Crippen MR) is 163 cm³/mol. The van der Waals surface area contributed by atoms with Crippen LogP contribution in [0.2, 0.25) is 0 Å². The molecule has 0 aromatic heterocycles. The van der Waals surface area contributed by atoms with E-state index in [9.17, 15) is 4.79 Å². The average Bonchev–Trinajstić information content (AvgIpc) is 3.43. The fraction of sp³-hybridized carbons (Fsp3) is 0.441. The van der Waals surface area contributed by atoms with Crippen LogP contribution < -0.4 is 14.8 Å². The van der Waals surface area contributed by atoms with Crippen molar-refractivity contribution in [2.75, 3.05) is 47.1 Å². The Hall–Kier alpha value is -3.39. The number of aryl methyl sites for hydroxylation is 1. The summed E-state index contributed by atoms with van der Waals surface area (Å²) in [6.45, 7) is 10.0. The monoisotopic (exact) mass is 560 g/mol. The van der Waals surface area contributed by atoms with Crippen molar-refractivity contribution in [1.29, 1.82) is 0 Å². The number of nitrogens with one attached hydrogen (secondary N) is 1. The number of amides is 1. The number of benzene rings is 3. The van der Waals surface area contributed by atoms with Crippen LogP contribution in [0.15, 0.2) is 66.7 Å². The number of carbonyl (C=O) groups is 1. The number of hydrogen-bond donors (Lipinski definition) is 1. The Morgan fingerprint density at radius 2 is 1.73 bits per heavy atom. The van der Waals surface area contributed by atoms with Gasteiger partial charge in [0.05, 0.1) is 26.4 Å². The zero-order chi connectivity index (χ0) is 29.2. The lowest BCUT2D eigenvalue weighted by Crippen LogP contribution is -2.43. The van der Waals surface area contributed by atoms with E-state index in [0.29, 0.717) is 43.4 Å². The van der Waals surface area contributed by atoms with Crippen molar-refractivity contribution in [3.63, 3.8) is 0 Å². The summed E-state index contributed by atoms with van der Waals surface area (Å²) in [5.41, 5.74) is 5.36. The molecule has 0 spiro atoms. The first kappa shape index (κ1) is 30.6. The summed E-state index contributed by atoms with van der Waals surface area (Å²) < 4.78 is 22.9. The summed E-state index contributed by atoms with van der Waals surface area (Å²) in [5, 5.41) is 3.47. The summed E-state index contributed by atoms with van der Waals surface area (Å²) in [4.78, 5) is 15.7. The topological polar surface area (TPSA) is 69.3 Å². The molecular weight excluding hydrogens is 516 g/mol. The van der Waals surface area contributed by atoms with E-state index in [4.69, 9.17) is 18.9 Å². The van der Waals surface area contributed by atoms with E-state index >= 15 is 0 Å². The molecule has 220 valence electrons. The molecule has 2 atom stereocenters. The predicted octanol–water partition coefficient (Wildman–Crippen LogP) is 5.74. The van der Waals surface area contributed by atoms with E-state index in [1.807, 2.05) is 4.90 Å². The molecule has 1 amide bonds. The molecule has 0 radical (unpaired) electrons. The molecule has 1 aliphatic heterocycles. The van der Waals surface area contributed by atoms with Gasteiger partial charge in [-0.1, -0.05) is 48.0 Å². The van der Waals surface area contributed by atoms with Crippen molar-refractivity contribution < 1.29 is 23.7 Å². The van der Waals surface area contributed by atoms with Gasteiger partial charge in [0.1, 0.15) is 0 Å². The van der Waals surface area contributed by atoms with Gasteiger partial charge in [0.2, 0.25) is 0 Å². The third-order valence-electron chi connectivity index (χ3n) is 7.50. The third kappa shape index (κ3) is 8.32. The number of nitrogens with zero attached hydrogens (tertiary/aromatic N) is 1. The fourth-order valence-corrected chi connectivity index (χ4v) is 5.21. The Bertz CT molecular complexity index is 1280. The van der Waals surface area contributed by atoms with Gasteiger partial charge in [0.15, 0.2) is 11.5 Å². The molecule has 1 N–H and O–H groups in total. The highest BCUT2D eigenvalue weighted by Gasteiger charge is 2.32. The van der Waals surface area contributed by atoms with E-state index in [-0.39, 0.29) is 24.0 Å². The van der Waals surface area contributed by atoms with Crippen LogP contribution in [0.3, 0.4) is 0 Å². The standard InChI is InChI=1S/C34H44N2O5/c1-24(2)36(34(37)29-13-14-31(39-5)32(19-29)40-16-8-15-38-4)22-30-20-35-21-33(30)41-23-26-10-7-12-28(18-26)27-11-6-9-25(3)17-27/h6-7,9-14,17-19,24,30,33,35H,8,15-16,20-23H2,1-5H3/t30-,33-/m0/s1. The van der Waals surface area contributed by atoms with Crippen LogP contribution in [-0.4, -0.2) is 70.0 Å². The van der Waals surface area contributed by atoms with E-state index in [2.05, 4.69) is 74.6 Å². The molecule has 3 aromatic carbocycles. The quantitative estimate of drug-likeness (QED) is 0.254. The maximum atomic E-state index is 13.7. The number of rotatable bonds is 14. The SMILES string of the molecule is COCCCOc1cc(C(=O)N(C[C@@H]2CNC[C@@H]2OCc2cccc(-c3cccc(C)c3)c2)C(C)C)ccc1OC. The van der Waals surface area contributed by atoms with Crippen LogP contribution in [0.5, 0.6) is 11.5 Å². The molecule has 0 saturated carbocycles. The molecule has 1 fully saturated rings. The second-order valence-electron chi connectivity index (χ2n) is 10.9. The Morgan fingerprint density at radius 1 is 0.951 bits per heavy atom. The summed E-state index contributed by atoms with van der Waals surface area (Å²) in [5.74, 6) is 1.33. The van der Waals surface area contributed by atoms with Gasteiger partial charge in [-0.3, -0.25) is 4.79 Å². The molecule has 41 heavy (non-hydrogen) atoms. The van der Waals surface area contributed by atoms with Gasteiger partial charge in [-0.15, -0.1) is 0 Å². The number of carbonyl (C=O) groups excluding carboxylic acids is 1. The van der Waals surface area contributed by atoms with Crippen LogP contribution in [0.4, 0.5) is 0 Å². The van der Waals surface area contributed by atoms with Crippen LogP contribution in [0.25, 0.3) is 11.1 Å². The smallest absolute Gasteiger partial charge is 0.254 e.